The smallest absolute Gasteiger partial charge is 0.270 e. The van der Waals surface area contributed by atoms with Crippen molar-refractivity contribution in [1.29, 1.82) is 0 Å². The number of aliphatic hydroxyl groups excluding tert-OH is 1. The molecule has 2 aliphatic heterocycles. The van der Waals surface area contributed by atoms with Gasteiger partial charge in [0.15, 0.2) is 0 Å². The predicted molar refractivity (Wildman–Crippen MR) is 102 cm³/mol. The van der Waals surface area contributed by atoms with E-state index in [4.69, 9.17) is 5.10 Å². The quantitative estimate of drug-likeness (QED) is 0.927. The molecule has 1 saturated heterocycles. The van der Waals surface area contributed by atoms with Gasteiger partial charge in [0.05, 0.1) is 17.8 Å². The highest BCUT2D eigenvalue weighted by Gasteiger charge is 2.35. The maximum absolute atomic E-state index is 13.0. The second-order valence-corrected chi connectivity index (χ2v) is 6.90. The van der Waals surface area contributed by atoms with E-state index in [0.717, 1.165) is 24.1 Å². The van der Waals surface area contributed by atoms with Crippen LogP contribution in [0.15, 0.2) is 65.8 Å². The summed E-state index contributed by atoms with van der Waals surface area (Å²) in [5.41, 5.74) is 2.68. The predicted octanol–water partition coefficient (Wildman–Crippen LogP) is 2.98. The summed E-state index contributed by atoms with van der Waals surface area (Å²) in [6.07, 6.45) is 1.75. The van der Waals surface area contributed by atoms with E-state index in [0.29, 0.717) is 25.2 Å². The largest absolute Gasteiger partial charge is 0.391 e. The van der Waals surface area contributed by atoms with E-state index in [1.54, 1.807) is 4.90 Å². The van der Waals surface area contributed by atoms with E-state index in [9.17, 15) is 9.90 Å². The first-order chi connectivity index (χ1) is 12.7. The van der Waals surface area contributed by atoms with Crippen molar-refractivity contribution in [2.75, 3.05) is 18.1 Å². The molecule has 0 bridgehead atoms. The van der Waals surface area contributed by atoms with Gasteiger partial charge in [-0.2, -0.15) is 5.10 Å². The number of carbonyl (C=O) groups excluding carboxylic acids is 1. The van der Waals surface area contributed by atoms with Gasteiger partial charge in [-0.1, -0.05) is 48.5 Å². The molecule has 2 aromatic carbocycles. The molecule has 1 fully saturated rings. The highest BCUT2D eigenvalue weighted by Crippen LogP contribution is 2.35. The number of β-amino-alcohol motifs (C(OH)–C–C–N with tert-alkyl or cyclic N) is 1. The summed E-state index contributed by atoms with van der Waals surface area (Å²) in [5.74, 6) is -0.0527. The van der Waals surface area contributed by atoms with Crippen molar-refractivity contribution < 1.29 is 9.90 Å². The summed E-state index contributed by atoms with van der Waals surface area (Å²) < 4.78 is 0. The lowest BCUT2D eigenvalue weighted by molar-refractivity contribution is -0.127. The zero-order chi connectivity index (χ0) is 17.9. The van der Waals surface area contributed by atoms with Gasteiger partial charge in [0.2, 0.25) is 0 Å². The number of nitrogens with zero attached hydrogens (tertiary/aromatic N) is 3. The number of piperidine rings is 1. The van der Waals surface area contributed by atoms with Crippen molar-refractivity contribution in [3.63, 3.8) is 0 Å². The SMILES string of the molecule is O=C(C1=NN(c2ccccc2)[C@H](c2ccccc2)C1)N1CCC[C@@H](O)C1. The second kappa shape index (κ2) is 7.30. The third kappa shape index (κ3) is 3.35. The van der Waals surface area contributed by atoms with E-state index < -0.39 is 6.10 Å². The Labute approximate surface area is 153 Å². The van der Waals surface area contributed by atoms with Crippen LogP contribution in [0.2, 0.25) is 0 Å². The van der Waals surface area contributed by atoms with Crippen LogP contribution in [0.4, 0.5) is 5.69 Å². The Balaban J connectivity index is 1.63. The summed E-state index contributed by atoms with van der Waals surface area (Å²) in [5, 5.41) is 16.5. The van der Waals surface area contributed by atoms with E-state index in [1.807, 2.05) is 53.5 Å². The maximum Gasteiger partial charge on any atom is 0.270 e. The van der Waals surface area contributed by atoms with Crippen LogP contribution in [-0.2, 0) is 4.79 Å². The van der Waals surface area contributed by atoms with Gasteiger partial charge in [-0.05, 0) is 30.5 Å². The van der Waals surface area contributed by atoms with Crippen LogP contribution in [0.1, 0.15) is 30.9 Å². The van der Waals surface area contributed by atoms with E-state index >= 15 is 0 Å². The summed E-state index contributed by atoms with van der Waals surface area (Å²) in [6, 6.07) is 20.1. The molecule has 2 aromatic rings. The molecule has 4 rings (SSSR count). The van der Waals surface area contributed by atoms with Gasteiger partial charge < -0.3 is 10.0 Å². The molecule has 134 valence electrons. The standard InChI is InChI=1S/C21H23N3O2/c25-18-12-7-13-23(15-18)21(26)19-14-20(16-8-3-1-4-9-16)24(22-19)17-10-5-2-6-11-17/h1-6,8-11,18,20,25H,7,12-15H2/t18-,20+/m1/s1. The molecule has 1 amide bonds. The fourth-order valence-corrected chi connectivity index (χ4v) is 3.71. The number of para-hydroxylation sites is 1. The molecule has 0 radical (unpaired) electrons. The minimum Gasteiger partial charge on any atom is -0.391 e. The molecule has 5 nitrogen and oxygen atoms in total. The number of hydrogen-bond acceptors (Lipinski definition) is 4. The molecule has 5 heteroatoms. The number of likely N-dealkylation sites (tertiary alicyclic amines) is 1. The number of aliphatic hydroxyl groups is 1. The summed E-state index contributed by atoms with van der Waals surface area (Å²) in [7, 11) is 0. The number of amides is 1. The van der Waals surface area contributed by atoms with E-state index in [1.165, 1.54) is 0 Å². The zero-order valence-electron chi connectivity index (χ0n) is 14.7. The third-order valence-corrected chi connectivity index (χ3v) is 5.05. The van der Waals surface area contributed by atoms with Gasteiger partial charge in [-0.15, -0.1) is 0 Å². The van der Waals surface area contributed by atoms with Crippen molar-refractivity contribution in [1.82, 2.24) is 4.90 Å². The summed E-state index contributed by atoms with van der Waals surface area (Å²) in [6.45, 7) is 1.09. The van der Waals surface area contributed by atoms with Crippen molar-refractivity contribution >= 4 is 17.3 Å². The van der Waals surface area contributed by atoms with Crippen LogP contribution in [0.25, 0.3) is 0 Å². The third-order valence-electron chi connectivity index (χ3n) is 5.05. The fourth-order valence-electron chi connectivity index (χ4n) is 3.71. The molecular formula is C21H23N3O2. The van der Waals surface area contributed by atoms with Crippen molar-refractivity contribution in [3.8, 4) is 0 Å². The van der Waals surface area contributed by atoms with E-state index in [2.05, 4.69) is 12.1 Å². The average Bonchev–Trinajstić information content (AvgIpc) is 3.14. The van der Waals surface area contributed by atoms with Crippen molar-refractivity contribution in [2.24, 2.45) is 5.10 Å². The minimum absolute atomic E-state index is 0.00673. The number of anilines is 1. The van der Waals surface area contributed by atoms with Crippen molar-refractivity contribution in [3.05, 3.63) is 66.2 Å². The van der Waals surface area contributed by atoms with Gasteiger partial charge in [0.25, 0.3) is 5.91 Å². The highest BCUT2D eigenvalue weighted by atomic mass is 16.3. The number of hydrogen-bond donors (Lipinski definition) is 1. The van der Waals surface area contributed by atoms with Crippen LogP contribution in [0, 0.1) is 0 Å². The highest BCUT2D eigenvalue weighted by molar-refractivity contribution is 6.39. The normalized spacial score (nSPS) is 23.0. The minimum atomic E-state index is -0.426. The Morgan fingerprint density at radius 1 is 1.04 bits per heavy atom. The molecule has 0 unspecified atom stereocenters. The molecule has 26 heavy (non-hydrogen) atoms. The van der Waals surface area contributed by atoms with E-state index in [-0.39, 0.29) is 11.9 Å². The Morgan fingerprint density at radius 2 is 1.73 bits per heavy atom. The Hall–Kier alpha value is -2.66. The Bertz CT molecular complexity index is 791. The first-order valence-electron chi connectivity index (χ1n) is 9.16. The van der Waals surface area contributed by atoms with Gasteiger partial charge in [0, 0.05) is 19.5 Å². The zero-order valence-corrected chi connectivity index (χ0v) is 14.7. The number of carbonyl (C=O) groups is 1. The second-order valence-electron chi connectivity index (χ2n) is 6.90. The summed E-state index contributed by atoms with van der Waals surface area (Å²) >= 11 is 0. The average molecular weight is 349 g/mol. The monoisotopic (exact) mass is 349 g/mol. The maximum atomic E-state index is 13.0. The molecule has 2 aliphatic rings. The van der Waals surface area contributed by atoms with Gasteiger partial charge in [-0.3, -0.25) is 9.80 Å². The van der Waals surface area contributed by atoms with Crippen LogP contribution in [0.3, 0.4) is 0 Å². The molecule has 0 aromatic heterocycles. The van der Waals surface area contributed by atoms with Gasteiger partial charge >= 0.3 is 0 Å². The molecule has 0 spiro atoms. The number of rotatable bonds is 3. The van der Waals surface area contributed by atoms with Gasteiger partial charge in [0.1, 0.15) is 5.71 Å². The first kappa shape index (κ1) is 16.8. The number of benzene rings is 2. The van der Waals surface area contributed by atoms with Crippen molar-refractivity contribution in [2.45, 2.75) is 31.4 Å². The lowest BCUT2D eigenvalue weighted by Gasteiger charge is -2.29. The molecule has 1 N–H and O–H groups in total. The van der Waals surface area contributed by atoms with Crippen LogP contribution < -0.4 is 5.01 Å². The summed E-state index contributed by atoms with van der Waals surface area (Å²) in [4.78, 5) is 14.7. The van der Waals surface area contributed by atoms with Crippen LogP contribution in [0.5, 0.6) is 0 Å². The molecule has 0 saturated carbocycles. The lowest BCUT2D eigenvalue weighted by Crippen LogP contribution is -2.44. The molecular weight excluding hydrogens is 326 g/mol. The lowest BCUT2D eigenvalue weighted by atomic mass is 10.00. The van der Waals surface area contributed by atoms with Crippen LogP contribution >= 0.6 is 0 Å². The molecule has 2 atom stereocenters. The first-order valence-corrected chi connectivity index (χ1v) is 9.16. The Kier molecular flexibility index (Phi) is 4.71. The van der Waals surface area contributed by atoms with Gasteiger partial charge in [-0.25, -0.2) is 0 Å². The fraction of sp³-hybridized carbons (Fsp3) is 0.333. The number of hydrazone groups is 1. The molecule has 2 heterocycles. The Morgan fingerprint density at radius 3 is 2.42 bits per heavy atom. The van der Waals surface area contributed by atoms with Crippen LogP contribution in [-0.4, -0.2) is 40.8 Å². The topological polar surface area (TPSA) is 56.1 Å². The molecule has 0 aliphatic carbocycles.